The molecule has 2 N–H and O–H groups in total. The fourth-order valence-electron chi connectivity index (χ4n) is 2.83. The quantitative estimate of drug-likeness (QED) is 0.471. The number of rotatable bonds is 8. The number of nitrogens with zero attached hydrogens (tertiary/aromatic N) is 2. The van der Waals surface area contributed by atoms with E-state index in [-0.39, 0.29) is 10.3 Å². The van der Waals surface area contributed by atoms with Gasteiger partial charge in [-0.3, -0.25) is 9.59 Å². The van der Waals surface area contributed by atoms with Gasteiger partial charge >= 0.3 is 5.97 Å². The van der Waals surface area contributed by atoms with E-state index in [1.165, 1.54) is 0 Å². The van der Waals surface area contributed by atoms with Crippen LogP contribution in [0.3, 0.4) is 0 Å². The molecule has 0 bridgehead atoms. The zero-order chi connectivity index (χ0) is 24.9. The molecule has 9 nitrogen and oxygen atoms in total. The van der Waals surface area contributed by atoms with Gasteiger partial charge in [-0.2, -0.15) is 9.82 Å². The fraction of sp³-hybridized carbons (Fsp3) is 0.261. The van der Waals surface area contributed by atoms with Gasteiger partial charge in [-0.15, -0.1) is 0 Å². The molecule has 1 amide bonds. The summed E-state index contributed by atoms with van der Waals surface area (Å²) in [5, 5.41) is 7.26. The van der Waals surface area contributed by atoms with Crippen molar-refractivity contribution in [1.29, 1.82) is 0 Å². The molecule has 0 radical (unpaired) electrons. The van der Waals surface area contributed by atoms with Crippen molar-refractivity contribution >= 4 is 27.7 Å². The second-order valence-electron chi connectivity index (χ2n) is 8.40. The highest BCUT2D eigenvalue weighted by Crippen LogP contribution is 2.26. The van der Waals surface area contributed by atoms with Crippen LogP contribution in [0.15, 0.2) is 65.6 Å². The SMILES string of the molecule is CC(C)(C)c1cc(NC(=O)COC(=O)CNS(=O)(=O)c2ccc(F)cc2)n(-c2ccccc2)n1. The molecule has 1 heterocycles. The summed E-state index contributed by atoms with van der Waals surface area (Å²) in [7, 11) is -4.04. The number of amides is 1. The Kier molecular flexibility index (Phi) is 7.48. The summed E-state index contributed by atoms with van der Waals surface area (Å²) < 4.78 is 45.8. The predicted octanol–water partition coefficient (Wildman–Crippen LogP) is 2.77. The third-order valence-electron chi connectivity index (χ3n) is 4.64. The van der Waals surface area contributed by atoms with Crippen molar-refractivity contribution in [2.24, 2.45) is 0 Å². The molecule has 0 spiro atoms. The number of aromatic nitrogens is 2. The van der Waals surface area contributed by atoms with Crippen LogP contribution >= 0.6 is 0 Å². The Morgan fingerprint density at radius 2 is 1.71 bits per heavy atom. The Hall–Kier alpha value is -3.57. The number of carbonyl (C=O) groups excluding carboxylic acids is 2. The highest BCUT2D eigenvalue weighted by molar-refractivity contribution is 7.89. The van der Waals surface area contributed by atoms with Gasteiger partial charge in [0, 0.05) is 11.5 Å². The lowest BCUT2D eigenvalue weighted by atomic mass is 9.92. The number of hydrogen-bond acceptors (Lipinski definition) is 6. The zero-order valence-electron chi connectivity index (χ0n) is 18.9. The summed E-state index contributed by atoms with van der Waals surface area (Å²) in [5.41, 5.74) is 1.22. The number of carbonyl (C=O) groups is 2. The van der Waals surface area contributed by atoms with Crippen molar-refractivity contribution in [1.82, 2.24) is 14.5 Å². The molecule has 0 unspecified atom stereocenters. The second-order valence-corrected chi connectivity index (χ2v) is 10.2. The summed E-state index contributed by atoms with van der Waals surface area (Å²) in [4.78, 5) is 24.2. The van der Waals surface area contributed by atoms with Crippen LogP contribution < -0.4 is 10.0 Å². The predicted molar refractivity (Wildman–Crippen MR) is 123 cm³/mol. The van der Waals surface area contributed by atoms with Crippen molar-refractivity contribution in [2.45, 2.75) is 31.1 Å². The van der Waals surface area contributed by atoms with Crippen molar-refractivity contribution in [3.05, 3.63) is 72.2 Å². The molecule has 0 aliphatic heterocycles. The Morgan fingerprint density at radius 3 is 2.32 bits per heavy atom. The minimum absolute atomic E-state index is 0.205. The zero-order valence-corrected chi connectivity index (χ0v) is 19.7. The summed E-state index contributed by atoms with van der Waals surface area (Å²) in [6.45, 7) is 4.66. The molecule has 11 heteroatoms. The molecular weight excluding hydrogens is 463 g/mol. The number of benzene rings is 2. The molecule has 0 aliphatic rings. The summed E-state index contributed by atoms with van der Waals surface area (Å²) in [6, 6.07) is 15.1. The van der Waals surface area contributed by atoms with Gasteiger partial charge in [0.2, 0.25) is 10.0 Å². The highest BCUT2D eigenvalue weighted by Gasteiger charge is 2.22. The van der Waals surface area contributed by atoms with Crippen LogP contribution in [0.1, 0.15) is 26.5 Å². The molecular formula is C23H25FN4O5S. The topological polar surface area (TPSA) is 119 Å². The fourth-order valence-corrected chi connectivity index (χ4v) is 3.80. The first-order valence-electron chi connectivity index (χ1n) is 10.3. The standard InChI is InChI=1S/C23H25FN4O5S/c1-23(2,3)19-13-20(28(27-19)17-7-5-4-6-8-17)26-21(29)15-33-22(30)14-25-34(31,32)18-11-9-16(24)10-12-18/h4-13,25H,14-15H2,1-3H3,(H,26,29). The number of esters is 1. The average molecular weight is 489 g/mol. The number of ether oxygens (including phenoxy) is 1. The molecule has 1 aromatic heterocycles. The number of anilines is 1. The molecule has 2 aromatic carbocycles. The van der Waals surface area contributed by atoms with Gasteiger partial charge in [0.05, 0.1) is 16.3 Å². The van der Waals surface area contributed by atoms with Crippen molar-refractivity contribution < 1.29 is 27.1 Å². The molecule has 0 fully saturated rings. The Bertz CT molecular complexity index is 1270. The Labute approximate surface area is 197 Å². The molecule has 180 valence electrons. The number of hydrogen-bond donors (Lipinski definition) is 2. The number of sulfonamides is 1. The molecule has 34 heavy (non-hydrogen) atoms. The minimum atomic E-state index is -4.04. The van der Waals surface area contributed by atoms with Gasteiger partial charge in [-0.25, -0.2) is 17.5 Å². The van der Waals surface area contributed by atoms with Crippen LogP contribution in [0.5, 0.6) is 0 Å². The van der Waals surface area contributed by atoms with Crippen LogP contribution in [0, 0.1) is 5.82 Å². The third kappa shape index (κ3) is 6.49. The van der Waals surface area contributed by atoms with E-state index < -0.39 is 40.9 Å². The Morgan fingerprint density at radius 1 is 1.06 bits per heavy atom. The van der Waals surface area contributed by atoms with E-state index in [0.717, 1.165) is 35.6 Å². The molecule has 0 aliphatic carbocycles. The molecule has 3 rings (SSSR count). The van der Waals surface area contributed by atoms with Gasteiger partial charge in [-0.05, 0) is 36.4 Å². The monoisotopic (exact) mass is 488 g/mol. The molecule has 0 saturated heterocycles. The van der Waals surface area contributed by atoms with Crippen molar-refractivity contribution in [3.63, 3.8) is 0 Å². The lowest BCUT2D eigenvalue weighted by molar-refractivity contribution is -0.146. The number of halogens is 1. The van der Waals surface area contributed by atoms with Gasteiger partial charge in [-0.1, -0.05) is 39.0 Å². The number of para-hydroxylation sites is 1. The lowest BCUT2D eigenvalue weighted by Crippen LogP contribution is -2.32. The van der Waals surface area contributed by atoms with E-state index >= 15 is 0 Å². The number of nitrogens with one attached hydrogen (secondary N) is 2. The van der Waals surface area contributed by atoms with Crippen LogP contribution in [0.2, 0.25) is 0 Å². The molecule has 0 saturated carbocycles. The van der Waals surface area contributed by atoms with Gasteiger partial charge in [0.25, 0.3) is 5.91 Å². The highest BCUT2D eigenvalue weighted by atomic mass is 32.2. The van der Waals surface area contributed by atoms with E-state index in [0.29, 0.717) is 5.82 Å². The van der Waals surface area contributed by atoms with E-state index in [1.54, 1.807) is 10.7 Å². The Balaban J connectivity index is 1.60. The lowest BCUT2D eigenvalue weighted by Gasteiger charge is -2.14. The van der Waals surface area contributed by atoms with Crippen LogP contribution in [0.25, 0.3) is 5.69 Å². The first-order chi connectivity index (χ1) is 16.0. The van der Waals surface area contributed by atoms with Crippen molar-refractivity contribution in [3.8, 4) is 5.69 Å². The van der Waals surface area contributed by atoms with Gasteiger partial charge in [0.15, 0.2) is 6.61 Å². The van der Waals surface area contributed by atoms with Crippen LogP contribution in [-0.4, -0.2) is 43.2 Å². The van der Waals surface area contributed by atoms with Gasteiger partial charge in [0.1, 0.15) is 18.2 Å². The average Bonchev–Trinajstić information content (AvgIpc) is 3.21. The minimum Gasteiger partial charge on any atom is -0.455 e. The van der Waals surface area contributed by atoms with E-state index in [1.807, 2.05) is 55.8 Å². The maximum atomic E-state index is 13.0. The first-order valence-corrected chi connectivity index (χ1v) is 11.8. The van der Waals surface area contributed by atoms with E-state index in [2.05, 4.69) is 10.4 Å². The second kappa shape index (κ2) is 10.1. The van der Waals surface area contributed by atoms with E-state index in [9.17, 15) is 22.4 Å². The van der Waals surface area contributed by atoms with Crippen LogP contribution in [0.4, 0.5) is 10.2 Å². The van der Waals surface area contributed by atoms with Crippen molar-refractivity contribution in [2.75, 3.05) is 18.5 Å². The summed E-state index contributed by atoms with van der Waals surface area (Å²) in [6.07, 6.45) is 0. The first kappa shape index (κ1) is 25.1. The maximum absolute atomic E-state index is 13.0. The third-order valence-corrected chi connectivity index (χ3v) is 6.06. The molecule has 0 atom stereocenters. The summed E-state index contributed by atoms with van der Waals surface area (Å²) in [5.74, 6) is -1.76. The van der Waals surface area contributed by atoms with Crippen LogP contribution in [-0.2, 0) is 29.8 Å². The van der Waals surface area contributed by atoms with Gasteiger partial charge < -0.3 is 10.1 Å². The maximum Gasteiger partial charge on any atom is 0.321 e. The normalized spacial score (nSPS) is 11.8. The smallest absolute Gasteiger partial charge is 0.321 e. The largest absolute Gasteiger partial charge is 0.455 e. The summed E-state index contributed by atoms with van der Waals surface area (Å²) >= 11 is 0. The molecule has 3 aromatic rings. The van der Waals surface area contributed by atoms with E-state index in [4.69, 9.17) is 4.74 Å².